The van der Waals surface area contributed by atoms with Crippen molar-refractivity contribution >= 4 is 11.5 Å². The first-order valence-electron chi connectivity index (χ1n) is 2.70. The fourth-order valence-electron chi connectivity index (χ4n) is 0.634. The van der Waals surface area contributed by atoms with Crippen molar-refractivity contribution in [1.82, 2.24) is 9.36 Å². The first kappa shape index (κ1) is 5.61. The van der Waals surface area contributed by atoms with Gasteiger partial charge in [0.1, 0.15) is 4.88 Å². The van der Waals surface area contributed by atoms with E-state index in [1.54, 1.807) is 6.20 Å². The van der Waals surface area contributed by atoms with Gasteiger partial charge in [-0.3, -0.25) is 0 Å². The zero-order chi connectivity index (χ0) is 6.81. The van der Waals surface area contributed by atoms with Crippen LogP contribution in [0.4, 0.5) is 0 Å². The molecule has 2 aromatic rings. The molecule has 0 N–H and O–H groups in total. The average molecular weight is 151 g/mol. The van der Waals surface area contributed by atoms with Crippen molar-refractivity contribution in [2.75, 3.05) is 0 Å². The zero-order valence-electron chi connectivity index (χ0n) is 4.94. The molecule has 0 unspecified atom stereocenters. The molecule has 0 fully saturated rings. The molecule has 0 saturated heterocycles. The largest absolute Gasteiger partial charge is 0.432 e. The molecule has 0 bridgehead atoms. The average Bonchev–Trinajstić information content (AvgIpc) is 2.59. The Morgan fingerprint density at radius 1 is 1.60 bits per heavy atom. The van der Waals surface area contributed by atoms with Gasteiger partial charge in [-0.25, -0.2) is 9.36 Å². The van der Waals surface area contributed by atoms with Gasteiger partial charge in [0.25, 0.3) is 0 Å². The van der Waals surface area contributed by atoms with Crippen LogP contribution in [0.5, 0.6) is 0 Å². The van der Waals surface area contributed by atoms with Crippen molar-refractivity contribution in [2.45, 2.75) is 0 Å². The maximum absolute atomic E-state index is 4.91. The summed E-state index contributed by atoms with van der Waals surface area (Å²) in [6.45, 7) is 0. The summed E-state index contributed by atoms with van der Waals surface area (Å²) in [4.78, 5) is 4.84. The number of oxazole rings is 1. The summed E-state index contributed by atoms with van der Waals surface area (Å²) in [7, 11) is 0. The number of hydrogen-bond acceptors (Lipinski definition) is 4. The van der Waals surface area contributed by atoms with Crippen molar-refractivity contribution in [2.24, 2.45) is 0 Å². The number of nitrogens with zero attached hydrogens (tertiary/aromatic N) is 2. The third-order valence-corrected chi connectivity index (χ3v) is 1.77. The molecule has 0 atom stereocenters. The number of hydrogen-bond donors (Lipinski definition) is 0. The van der Waals surface area contributed by atoms with Crippen molar-refractivity contribution in [3.63, 3.8) is 0 Å². The predicted molar refractivity (Wildman–Crippen MR) is 36.4 cm³/mol. The van der Waals surface area contributed by atoms with Crippen LogP contribution in [0.3, 0.4) is 0 Å². The lowest BCUT2D eigenvalue weighted by atomic mass is 10.5. The minimum Gasteiger partial charge on any atom is -0.432 e. The molecule has 10 heavy (non-hydrogen) atoms. The molecule has 0 amide bonds. The third kappa shape index (κ3) is 0.823. The van der Waals surface area contributed by atoms with Crippen LogP contribution in [0.2, 0.25) is 0 Å². The monoisotopic (exact) mass is 151 g/mol. The van der Waals surface area contributed by atoms with Crippen molar-refractivity contribution in [3.05, 3.63) is 24.7 Å². The molecule has 1 radical (unpaired) electrons. The van der Waals surface area contributed by atoms with Crippen LogP contribution in [0.15, 0.2) is 22.9 Å². The van der Waals surface area contributed by atoms with Crippen LogP contribution in [0.25, 0.3) is 10.8 Å². The molecule has 0 saturated carbocycles. The van der Waals surface area contributed by atoms with E-state index in [1.807, 2.05) is 6.07 Å². The highest BCUT2D eigenvalue weighted by atomic mass is 32.1. The van der Waals surface area contributed by atoms with Crippen LogP contribution in [-0.2, 0) is 0 Å². The first-order valence-corrected chi connectivity index (χ1v) is 3.47. The lowest BCUT2D eigenvalue weighted by molar-refractivity contribution is 0.567. The summed E-state index contributed by atoms with van der Waals surface area (Å²) in [6, 6.07) is 1.85. The van der Waals surface area contributed by atoms with Crippen LogP contribution in [0.1, 0.15) is 0 Å². The van der Waals surface area contributed by atoms with E-state index in [0.29, 0.717) is 5.89 Å². The Labute approximate surface area is 61.5 Å². The molecule has 2 heterocycles. The Morgan fingerprint density at radius 2 is 2.60 bits per heavy atom. The molecule has 0 aliphatic rings. The molecule has 2 aromatic heterocycles. The summed E-state index contributed by atoms with van der Waals surface area (Å²) < 4.78 is 8.82. The van der Waals surface area contributed by atoms with E-state index in [0.717, 1.165) is 4.88 Å². The SMILES string of the molecule is [c]1cnc(-c2ccns2)o1. The summed E-state index contributed by atoms with van der Waals surface area (Å²) >= 11 is 1.35. The highest BCUT2D eigenvalue weighted by Crippen LogP contribution is 2.19. The van der Waals surface area contributed by atoms with E-state index < -0.39 is 0 Å². The van der Waals surface area contributed by atoms with Gasteiger partial charge in [-0.2, -0.15) is 0 Å². The summed E-state index contributed by atoms with van der Waals surface area (Å²) in [5.74, 6) is 0.586. The van der Waals surface area contributed by atoms with Gasteiger partial charge in [-0.05, 0) is 17.6 Å². The molecular weight excluding hydrogens is 148 g/mol. The predicted octanol–water partition coefficient (Wildman–Crippen LogP) is 1.60. The lowest BCUT2D eigenvalue weighted by Crippen LogP contribution is -1.65. The quantitative estimate of drug-likeness (QED) is 0.621. The standard InChI is InChI=1S/C6H3N2OS/c1-2-8-10-5(1)6-7-3-4-9-6/h1-3H. The highest BCUT2D eigenvalue weighted by Gasteiger charge is 2.01. The van der Waals surface area contributed by atoms with Gasteiger partial charge < -0.3 is 4.42 Å². The van der Waals surface area contributed by atoms with E-state index in [1.165, 1.54) is 17.7 Å². The Bertz CT molecular complexity index is 255. The zero-order valence-corrected chi connectivity index (χ0v) is 5.76. The van der Waals surface area contributed by atoms with Gasteiger partial charge in [0.05, 0.1) is 6.20 Å². The van der Waals surface area contributed by atoms with E-state index in [9.17, 15) is 0 Å². The second-order valence-electron chi connectivity index (χ2n) is 1.66. The van der Waals surface area contributed by atoms with E-state index in [-0.39, 0.29) is 0 Å². The second-order valence-corrected chi connectivity index (χ2v) is 2.49. The van der Waals surface area contributed by atoms with Gasteiger partial charge >= 0.3 is 0 Å². The van der Waals surface area contributed by atoms with Crippen LogP contribution >= 0.6 is 11.5 Å². The Morgan fingerprint density at radius 3 is 3.20 bits per heavy atom. The molecule has 0 spiro atoms. The van der Waals surface area contributed by atoms with Gasteiger partial charge in [0, 0.05) is 6.20 Å². The van der Waals surface area contributed by atoms with Crippen LogP contribution in [-0.4, -0.2) is 9.36 Å². The molecule has 49 valence electrons. The number of aromatic nitrogens is 2. The fourth-order valence-corrected chi connectivity index (χ4v) is 1.16. The van der Waals surface area contributed by atoms with Crippen molar-refractivity contribution in [1.29, 1.82) is 0 Å². The normalized spacial score (nSPS) is 10.0. The van der Waals surface area contributed by atoms with Gasteiger partial charge in [0.15, 0.2) is 6.26 Å². The minimum absolute atomic E-state index is 0.586. The third-order valence-electron chi connectivity index (χ3n) is 1.04. The van der Waals surface area contributed by atoms with E-state index in [2.05, 4.69) is 15.6 Å². The molecular formula is C6H3N2OS. The van der Waals surface area contributed by atoms with Gasteiger partial charge in [0.2, 0.25) is 5.89 Å². The minimum atomic E-state index is 0.586. The summed E-state index contributed by atoms with van der Waals surface area (Å²) in [5.41, 5.74) is 0. The van der Waals surface area contributed by atoms with Gasteiger partial charge in [-0.15, -0.1) is 0 Å². The highest BCUT2D eigenvalue weighted by molar-refractivity contribution is 7.09. The maximum Gasteiger partial charge on any atom is 0.238 e. The lowest BCUT2D eigenvalue weighted by Gasteiger charge is -1.81. The molecule has 0 aliphatic heterocycles. The topological polar surface area (TPSA) is 38.9 Å². The molecule has 3 nitrogen and oxygen atoms in total. The maximum atomic E-state index is 4.91. The molecule has 4 heteroatoms. The molecule has 0 aliphatic carbocycles. The van der Waals surface area contributed by atoms with Crippen molar-refractivity contribution in [3.8, 4) is 10.8 Å². The first-order chi connectivity index (χ1) is 4.97. The van der Waals surface area contributed by atoms with Crippen LogP contribution < -0.4 is 0 Å². The van der Waals surface area contributed by atoms with E-state index in [4.69, 9.17) is 4.42 Å². The summed E-state index contributed by atoms with van der Waals surface area (Å²) in [5, 5.41) is 0. The number of rotatable bonds is 1. The Kier molecular flexibility index (Phi) is 1.25. The summed E-state index contributed by atoms with van der Waals surface area (Å²) in [6.07, 6.45) is 5.72. The van der Waals surface area contributed by atoms with Crippen LogP contribution in [0, 0.1) is 6.26 Å². The Balaban J connectivity index is 2.48. The molecule has 0 aromatic carbocycles. The smallest absolute Gasteiger partial charge is 0.238 e. The fraction of sp³-hybridized carbons (Fsp3) is 0. The van der Waals surface area contributed by atoms with Crippen molar-refractivity contribution < 1.29 is 4.42 Å². The van der Waals surface area contributed by atoms with E-state index >= 15 is 0 Å². The molecule has 2 rings (SSSR count). The second kappa shape index (κ2) is 2.22. The van der Waals surface area contributed by atoms with Gasteiger partial charge in [-0.1, -0.05) is 0 Å². The Hall–Kier alpha value is -1.16.